The van der Waals surface area contributed by atoms with Crippen LogP contribution >= 0.6 is 28.3 Å². The Morgan fingerprint density at radius 3 is 2.26 bits per heavy atom. The summed E-state index contributed by atoms with van der Waals surface area (Å²) in [5.41, 5.74) is 7.45. The van der Waals surface area contributed by atoms with Crippen molar-refractivity contribution in [1.29, 1.82) is 0 Å². The summed E-state index contributed by atoms with van der Waals surface area (Å²) in [4.78, 5) is 0. The maximum Gasteiger partial charge on any atom is 0.133 e. The fourth-order valence-electron chi connectivity index (χ4n) is 2.72. The lowest BCUT2D eigenvalue weighted by Crippen LogP contribution is -2.20. The highest BCUT2D eigenvalue weighted by atomic mass is 79.9. The number of methoxy groups -OCH3 is 2. The first kappa shape index (κ1) is 16.6. The molecule has 0 unspecified atom stereocenters. The van der Waals surface area contributed by atoms with Gasteiger partial charge in [0.1, 0.15) is 11.5 Å². The summed E-state index contributed by atoms with van der Waals surface area (Å²) in [5.74, 6) is 2.20. The van der Waals surface area contributed by atoms with Crippen LogP contribution in [0, 0.1) is 5.92 Å². The molecule has 0 aromatic heterocycles. The van der Waals surface area contributed by atoms with Crippen LogP contribution in [0.25, 0.3) is 0 Å². The monoisotopic (exact) mass is 349 g/mol. The van der Waals surface area contributed by atoms with Gasteiger partial charge in [0.05, 0.1) is 18.7 Å². The van der Waals surface area contributed by atoms with Crippen LogP contribution in [0.1, 0.15) is 37.3 Å². The molecule has 0 saturated heterocycles. The summed E-state index contributed by atoms with van der Waals surface area (Å²) in [6, 6.07) is 3.96. The van der Waals surface area contributed by atoms with Gasteiger partial charge in [-0.25, -0.2) is 0 Å². The third kappa shape index (κ3) is 3.56. The lowest BCUT2D eigenvalue weighted by atomic mass is 9.92. The van der Waals surface area contributed by atoms with Crippen molar-refractivity contribution in [2.24, 2.45) is 11.7 Å². The highest BCUT2D eigenvalue weighted by molar-refractivity contribution is 9.10. The van der Waals surface area contributed by atoms with E-state index in [0.29, 0.717) is 5.92 Å². The molecule has 0 bridgehead atoms. The zero-order valence-corrected chi connectivity index (χ0v) is 13.7. The van der Waals surface area contributed by atoms with Crippen molar-refractivity contribution >= 4 is 28.3 Å². The molecule has 1 aliphatic rings. The predicted octanol–water partition coefficient (Wildman–Crippen LogP) is 4.08. The summed E-state index contributed by atoms with van der Waals surface area (Å²) in [7, 11) is 3.34. The lowest BCUT2D eigenvalue weighted by Gasteiger charge is -2.22. The molecule has 2 N–H and O–H groups in total. The molecule has 19 heavy (non-hydrogen) atoms. The molecule has 108 valence electrons. The SMILES string of the molecule is COc1cc([C@H](N)C2CCCC2)c(OC)cc1Br.Cl. The van der Waals surface area contributed by atoms with E-state index in [2.05, 4.69) is 15.9 Å². The van der Waals surface area contributed by atoms with Crippen molar-refractivity contribution in [2.45, 2.75) is 31.7 Å². The van der Waals surface area contributed by atoms with Crippen LogP contribution in [0.4, 0.5) is 0 Å². The molecule has 1 aliphatic carbocycles. The summed E-state index contributed by atoms with van der Waals surface area (Å²) in [6.07, 6.45) is 4.99. The largest absolute Gasteiger partial charge is 0.496 e. The van der Waals surface area contributed by atoms with Crippen LogP contribution in [0.5, 0.6) is 11.5 Å². The minimum absolute atomic E-state index is 0. The van der Waals surface area contributed by atoms with Gasteiger partial charge in [-0.2, -0.15) is 0 Å². The van der Waals surface area contributed by atoms with Gasteiger partial charge in [-0.3, -0.25) is 0 Å². The third-order valence-electron chi connectivity index (χ3n) is 3.77. The van der Waals surface area contributed by atoms with Gasteiger partial charge in [0.2, 0.25) is 0 Å². The number of ether oxygens (including phenoxy) is 2. The first-order valence-corrected chi connectivity index (χ1v) is 7.13. The van der Waals surface area contributed by atoms with Crippen molar-refractivity contribution in [2.75, 3.05) is 14.2 Å². The van der Waals surface area contributed by atoms with Gasteiger partial charge in [-0.15, -0.1) is 12.4 Å². The van der Waals surface area contributed by atoms with Crippen LogP contribution in [0.3, 0.4) is 0 Å². The maximum atomic E-state index is 6.40. The fraction of sp³-hybridized carbons (Fsp3) is 0.571. The van der Waals surface area contributed by atoms with Gasteiger partial charge in [0, 0.05) is 11.6 Å². The topological polar surface area (TPSA) is 44.5 Å². The zero-order chi connectivity index (χ0) is 13.1. The minimum Gasteiger partial charge on any atom is -0.496 e. The molecule has 1 saturated carbocycles. The molecule has 0 heterocycles. The molecule has 1 fully saturated rings. The van der Waals surface area contributed by atoms with Crippen LogP contribution in [-0.2, 0) is 0 Å². The number of hydrogen-bond acceptors (Lipinski definition) is 3. The van der Waals surface area contributed by atoms with Crippen molar-refractivity contribution < 1.29 is 9.47 Å². The van der Waals surface area contributed by atoms with E-state index < -0.39 is 0 Å². The number of hydrogen-bond donors (Lipinski definition) is 1. The van der Waals surface area contributed by atoms with Crippen molar-refractivity contribution in [3.63, 3.8) is 0 Å². The van der Waals surface area contributed by atoms with Gasteiger partial charge in [0.15, 0.2) is 0 Å². The van der Waals surface area contributed by atoms with E-state index in [4.69, 9.17) is 15.2 Å². The summed E-state index contributed by atoms with van der Waals surface area (Å²) < 4.78 is 11.7. The van der Waals surface area contributed by atoms with Gasteiger partial charge in [-0.05, 0) is 46.8 Å². The Bertz CT molecular complexity index is 422. The Labute approximate surface area is 129 Å². The Morgan fingerprint density at radius 1 is 1.16 bits per heavy atom. The molecule has 3 nitrogen and oxygen atoms in total. The summed E-state index contributed by atoms with van der Waals surface area (Å²) >= 11 is 3.47. The average molecular weight is 351 g/mol. The number of rotatable bonds is 4. The molecule has 2 rings (SSSR count). The van der Waals surface area contributed by atoms with Crippen molar-refractivity contribution in [3.05, 3.63) is 22.2 Å². The minimum atomic E-state index is 0. The molecule has 1 aromatic carbocycles. The molecule has 1 atom stereocenters. The molecule has 0 amide bonds. The Morgan fingerprint density at radius 2 is 1.74 bits per heavy atom. The van der Waals surface area contributed by atoms with Gasteiger partial charge < -0.3 is 15.2 Å². The normalized spacial score (nSPS) is 16.8. The fourth-order valence-corrected chi connectivity index (χ4v) is 3.20. The molecular formula is C14H21BrClNO2. The number of halogens is 2. The number of nitrogens with two attached hydrogens (primary N) is 1. The second-order valence-corrected chi connectivity index (χ2v) is 5.65. The van der Waals surface area contributed by atoms with Crippen LogP contribution in [0.2, 0.25) is 0 Å². The molecule has 0 spiro atoms. The van der Waals surface area contributed by atoms with Gasteiger partial charge >= 0.3 is 0 Å². The Hall–Kier alpha value is -0.450. The van der Waals surface area contributed by atoms with E-state index in [1.54, 1.807) is 14.2 Å². The second kappa shape index (κ2) is 7.36. The molecule has 5 heteroatoms. The number of benzene rings is 1. The zero-order valence-electron chi connectivity index (χ0n) is 11.3. The van der Waals surface area contributed by atoms with Crippen LogP contribution in [-0.4, -0.2) is 14.2 Å². The first-order chi connectivity index (χ1) is 8.67. The molecular weight excluding hydrogens is 330 g/mol. The molecule has 0 aliphatic heterocycles. The lowest BCUT2D eigenvalue weighted by molar-refractivity contribution is 0.376. The van der Waals surface area contributed by atoms with E-state index in [9.17, 15) is 0 Å². The predicted molar refractivity (Wildman–Crippen MR) is 83.4 cm³/mol. The van der Waals surface area contributed by atoms with E-state index in [1.165, 1.54) is 25.7 Å². The summed E-state index contributed by atoms with van der Waals surface area (Å²) in [5, 5.41) is 0. The Balaban J connectivity index is 0.00000180. The van der Waals surface area contributed by atoms with Gasteiger partial charge in [0.25, 0.3) is 0 Å². The van der Waals surface area contributed by atoms with Crippen molar-refractivity contribution in [3.8, 4) is 11.5 Å². The van der Waals surface area contributed by atoms with Crippen LogP contribution in [0.15, 0.2) is 16.6 Å². The van der Waals surface area contributed by atoms with E-state index in [-0.39, 0.29) is 18.4 Å². The maximum absolute atomic E-state index is 6.40. The summed E-state index contributed by atoms with van der Waals surface area (Å²) in [6.45, 7) is 0. The smallest absolute Gasteiger partial charge is 0.133 e. The highest BCUT2D eigenvalue weighted by Crippen LogP contribution is 2.41. The Kier molecular flexibility index (Phi) is 6.43. The standard InChI is InChI=1S/C14H20BrNO2.ClH/c1-17-12-8-11(15)13(18-2)7-10(12)14(16)9-5-3-4-6-9;/h7-9,14H,3-6,16H2,1-2H3;1H/t14-;/m1./s1. The van der Waals surface area contributed by atoms with Crippen molar-refractivity contribution in [1.82, 2.24) is 0 Å². The average Bonchev–Trinajstić information content (AvgIpc) is 2.91. The molecule has 0 radical (unpaired) electrons. The van der Waals surface area contributed by atoms with E-state index >= 15 is 0 Å². The van der Waals surface area contributed by atoms with Crippen LogP contribution < -0.4 is 15.2 Å². The second-order valence-electron chi connectivity index (χ2n) is 4.80. The van der Waals surface area contributed by atoms with E-state index in [0.717, 1.165) is 21.5 Å². The molecule has 1 aromatic rings. The quantitative estimate of drug-likeness (QED) is 0.890. The first-order valence-electron chi connectivity index (χ1n) is 6.34. The van der Waals surface area contributed by atoms with Gasteiger partial charge in [-0.1, -0.05) is 12.8 Å². The van der Waals surface area contributed by atoms with E-state index in [1.807, 2.05) is 12.1 Å². The highest BCUT2D eigenvalue weighted by Gasteiger charge is 2.26. The third-order valence-corrected chi connectivity index (χ3v) is 4.39.